The van der Waals surface area contributed by atoms with Gasteiger partial charge in [-0.25, -0.2) is 21.1 Å². The van der Waals surface area contributed by atoms with E-state index in [0.717, 1.165) is 22.7 Å². The Bertz CT molecular complexity index is 1200. The fourth-order valence-corrected chi connectivity index (χ4v) is 5.91. The molecule has 0 spiro atoms. The number of amides is 1. The molecule has 1 fully saturated rings. The summed E-state index contributed by atoms with van der Waals surface area (Å²) in [6.07, 6.45) is 1.74. The van der Waals surface area contributed by atoms with Gasteiger partial charge in [0.05, 0.1) is 9.79 Å². The second-order valence-corrected chi connectivity index (χ2v) is 12.1. The maximum Gasteiger partial charge on any atom is 0.258 e. The van der Waals surface area contributed by atoms with Crippen molar-refractivity contribution < 1.29 is 26.4 Å². The molecule has 0 atom stereocenters. The third-order valence-corrected chi connectivity index (χ3v) is 9.12. The highest BCUT2D eigenvalue weighted by Crippen LogP contribution is 2.26. The molecule has 0 bridgehead atoms. The van der Waals surface area contributed by atoms with Crippen molar-refractivity contribution in [3.05, 3.63) is 53.6 Å². The van der Waals surface area contributed by atoms with E-state index in [1.165, 1.54) is 36.6 Å². The molecule has 180 valence electrons. The standard InChI is InChI=1S/C22H29N3O6S2/c1-17-14-20(33(29,30)25-12-4-5-13-25)10-11-21(17)31-16-22(26)23-15-18-6-8-19(9-7-18)32(27,28)24(2)3/h6-11,14H,4-5,12-13,15-16H2,1-3H3,(H,23,26). The lowest BCUT2D eigenvalue weighted by molar-refractivity contribution is -0.123. The van der Waals surface area contributed by atoms with Crippen molar-refractivity contribution in [2.45, 2.75) is 36.1 Å². The SMILES string of the molecule is Cc1cc(S(=O)(=O)N2CCCC2)ccc1OCC(=O)NCc1ccc(S(=O)(=O)N(C)C)cc1. The van der Waals surface area contributed by atoms with Crippen LogP contribution in [-0.4, -0.2) is 65.1 Å². The van der Waals surface area contributed by atoms with Gasteiger partial charge in [0.2, 0.25) is 20.0 Å². The molecule has 0 radical (unpaired) electrons. The Kier molecular flexibility index (Phi) is 7.78. The number of nitrogens with zero attached hydrogens (tertiary/aromatic N) is 2. The Balaban J connectivity index is 1.54. The Hall–Kier alpha value is -2.47. The van der Waals surface area contributed by atoms with E-state index >= 15 is 0 Å². The van der Waals surface area contributed by atoms with E-state index < -0.39 is 20.0 Å². The van der Waals surface area contributed by atoms with Crippen LogP contribution in [0.15, 0.2) is 52.3 Å². The summed E-state index contributed by atoms with van der Waals surface area (Å²) in [5, 5.41) is 2.72. The van der Waals surface area contributed by atoms with Crippen molar-refractivity contribution >= 4 is 26.0 Å². The quantitative estimate of drug-likeness (QED) is 0.567. The van der Waals surface area contributed by atoms with Crippen molar-refractivity contribution in [3.63, 3.8) is 0 Å². The van der Waals surface area contributed by atoms with Crippen molar-refractivity contribution in [2.24, 2.45) is 0 Å². The predicted molar refractivity (Wildman–Crippen MR) is 124 cm³/mol. The van der Waals surface area contributed by atoms with Gasteiger partial charge < -0.3 is 10.1 Å². The molecule has 1 heterocycles. The van der Waals surface area contributed by atoms with Gasteiger partial charge in [-0.05, 0) is 61.2 Å². The molecular formula is C22H29N3O6S2. The fraction of sp³-hybridized carbons (Fsp3) is 0.409. The zero-order valence-corrected chi connectivity index (χ0v) is 20.6. The highest BCUT2D eigenvalue weighted by molar-refractivity contribution is 7.89. The molecular weight excluding hydrogens is 466 g/mol. The summed E-state index contributed by atoms with van der Waals surface area (Å²) >= 11 is 0. The number of nitrogens with one attached hydrogen (secondary N) is 1. The lowest BCUT2D eigenvalue weighted by Crippen LogP contribution is -2.29. The van der Waals surface area contributed by atoms with Gasteiger partial charge in [0.15, 0.2) is 6.61 Å². The third kappa shape index (κ3) is 5.91. The molecule has 1 aliphatic heterocycles. The number of ether oxygens (including phenoxy) is 1. The van der Waals surface area contributed by atoms with Crippen molar-refractivity contribution in [3.8, 4) is 5.75 Å². The van der Waals surface area contributed by atoms with Crippen LogP contribution in [0.3, 0.4) is 0 Å². The van der Waals surface area contributed by atoms with Gasteiger partial charge in [0, 0.05) is 33.7 Å². The molecule has 0 saturated carbocycles. The first-order valence-corrected chi connectivity index (χ1v) is 13.4. The molecule has 9 nitrogen and oxygen atoms in total. The van der Waals surface area contributed by atoms with Gasteiger partial charge >= 0.3 is 0 Å². The summed E-state index contributed by atoms with van der Waals surface area (Å²) in [6.45, 7) is 2.80. The summed E-state index contributed by atoms with van der Waals surface area (Å²) in [4.78, 5) is 12.6. The van der Waals surface area contributed by atoms with Gasteiger partial charge in [0.1, 0.15) is 5.75 Å². The number of carbonyl (C=O) groups is 1. The highest BCUT2D eigenvalue weighted by atomic mass is 32.2. The Morgan fingerprint density at radius 3 is 2.18 bits per heavy atom. The van der Waals surface area contributed by atoms with Gasteiger partial charge in [-0.3, -0.25) is 4.79 Å². The molecule has 2 aromatic carbocycles. The summed E-state index contributed by atoms with van der Waals surface area (Å²) in [5.74, 6) is 0.0805. The normalized spacial score (nSPS) is 15.0. The molecule has 1 amide bonds. The molecule has 0 aliphatic carbocycles. The van der Waals surface area contributed by atoms with Crippen LogP contribution in [-0.2, 0) is 31.4 Å². The molecule has 1 N–H and O–H groups in total. The maximum atomic E-state index is 12.7. The smallest absolute Gasteiger partial charge is 0.258 e. The van der Waals surface area contributed by atoms with E-state index in [9.17, 15) is 21.6 Å². The predicted octanol–water partition coefficient (Wildman–Crippen LogP) is 1.73. The van der Waals surface area contributed by atoms with Gasteiger partial charge in [-0.2, -0.15) is 4.31 Å². The van der Waals surface area contributed by atoms with Crippen LogP contribution >= 0.6 is 0 Å². The van der Waals surface area contributed by atoms with E-state index in [2.05, 4.69) is 5.32 Å². The summed E-state index contributed by atoms with van der Waals surface area (Å²) < 4.78 is 57.7. The van der Waals surface area contributed by atoms with Gasteiger partial charge in [0.25, 0.3) is 5.91 Å². The van der Waals surface area contributed by atoms with Crippen LogP contribution in [0.1, 0.15) is 24.0 Å². The first-order valence-electron chi connectivity index (χ1n) is 10.5. The maximum absolute atomic E-state index is 12.7. The molecule has 1 aliphatic rings. The largest absolute Gasteiger partial charge is 0.484 e. The van der Waals surface area contributed by atoms with Crippen LogP contribution in [0, 0.1) is 6.92 Å². The number of aryl methyl sites for hydroxylation is 1. The van der Waals surface area contributed by atoms with Crippen LogP contribution in [0.25, 0.3) is 0 Å². The molecule has 3 rings (SSSR count). The third-order valence-electron chi connectivity index (χ3n) is 5.40. The highest BCUT2D eigenvalue weighted by Gasteiger charge is 2.27. The van der Waals surface area contributed by atoms with Crippen molar-refractivity contribution in [1.82, 2.24) is 13.9 Å². The van der Waals surface area contributed by atoms with Crippen LogP contribution < -0.4 is 10.1 Å². The molecule has 2 aromatic rings. The molecule has 0 aromatic heterocycles. The number of carbonyl (C=O) groups excluding carboxylic acids is 1. The summed E-state index contributed by atoms with van der Waals surface area (Å²) in [7, 11) is -4.08. The number of rotatable bonds is 9. The monoisotopic (exact) mass is 495 g/mol. The second kappa shape index (κ2) is 10.2. The molecule has 1 saturated heterocycles. The number of benzene rings is 2. The minimum absolute atomic E-state index is 0.177. The minimum Gasteiger partial charge on any atom is -0.484 e. The molecule has 33 heavy (non-hydrogen) atoms. The zero-order chi connectivity index (χ0) is 24.2. The molecule has 0 unspecified atom stereocenters. The van der Waals surface area contributed by atoms with Crippen LogP contribution in [0.4, 0.5) is 0 Å². The van der Waals surface area contributed by atoms with Crippen molar-refractivity contribution in [2.75, 3.05) is 33.8 Å². The van der Waals surface area contributed by atoms with Crippen LogP contribution in [0.5, 0.6) is 5.75 Å². The topological polar surface area (TPSA) is 113 Å². The number of sulfonamides is 2. The average molecular weight is 496 g/mol. The Morgan fingerprint density at radius 2 is 1.61 bits per heavy atom. The van der Waals surface area contributed by atoms with E-state index in [0.29, 0.717) is 24.4 Å². The van der Waals surface area contributed by atoms with E-state index in [1.54, 1.807) is 31.2 Å². The molecule has 11 heteroatoms. The van der Waals surface area contributed by atoms with Gasteiger partial charge in [-0.1, -0.05) is 12.1 Å². The fourth-order valence-electron chi connectivity index (χ4n) is 3.41. The number of hydrogen-bond donors (Lipinski definition) is 1. The first kappa shape index (κ1) is 25.2. The van der Waals surface area contributed by atoms with Crippen LogP contribution in [0.2, 0.25) is 0 Å². The zero-order valence-electron chi connectivity index (χ0n) is 18.9. The summed E-state index contributed by atoms with van der Waals surface area (Å²) in [5.41, 5.74) is 1.37. The lowest BCUT2D eigenvalue weighted by Gasteiger charge is -2.17. The number of hydrogen-bond acceptors (Lipinski definition) is 6. The lowest BCUT2D eigenvalue weighted by atomic mass is 10.2. The first-order chi connectivity index (χ1) is 15.5. The van der Waals surface area contributed by atoms with E-state index in [-0.39, 0.29) is 28.8 Å². The van der Waals surface area contributed by atoms with Gasteiger partial charge in [-0.15, -0.1) is 0 Å². The van der Waals surface area contributed by atoms with E-state index in [1.807, 2.05) is 0 Å². The minimum atomic E-state index is -3.51. The Labute approximate surface area is 195 Å². The second-order valence-electron chi connectivity index (χ2n) is 8.04. The Morgan fingerprint density at radius 1 is 1.00 bits per heavy atom. The summed E-state index contributed by atoms with van der Waals surface area (Å²) in [6, 6.07) is 10.9. The van der Waals surface area contributed by atoms with E-state index in [4.69, 9.17) is 4.74 Å². The van der Waals surface area contributed by atoms with Crippen molar-refractivity contribution in [1.29, 1.82) is 0 Å². The average Bonchev–Trinajstić information content (AvgIpc) is 3.33.